The maximum atomic E-state index is 12.3. The van der Waals surface area contributed by atoms with Crippen LogP contribution < -0.4 is 0 Å². The van der Waals surface area contributed by atoms with Gasteiger partial charge in [0.2, 0.25) is 0 Å². The first-order valence-electron chi connectivity index (χ1n) is 14.1. The van der Waals surface area contributed by atoms with E-state index in [4.69, 9.17) is 4.74 Å². The van der Waals surface area contributed by atoms with Crippen molar-refractivity contribution in [3.63, 3.8) is 0 Å². The first kappa shape index (κ1) is 29.7. The lowest BCUT2D eigenvalue weighted by molar-refractivity contribution is 0.0193. The van der Waals surface area contributed by atoms with Gasteiger partial charge < -0.3 is 19.3 Å². The van der Waals surface area contributed by atoms with Crippen LogP contribution in [-0.4, -0.2) is 67.2 Å². The molecule has 1 saturated carbocycles. The molecule has 0 aliphatic heterocycles. The van der Waals surface area contributed by atoms with Gasteiger partial charge in [0.15, 0.2) is 5.54 Å². The number of carboxylic acid groups (broad SMARTS) is 1. The number of ether oxygens (including phenoxy) is 1. The predicted molar refractivity (Wildman–Crippen MR) is 157 cm³/mol. The van der Waals surface area contributed by atoms with Crippen LogP contribution in [-0.2, 0) is 17.0 Å². The van der Waals surface area contributed by atoms with Crippen LogP contribution in [0.15, 0.2) is 31.0 Å². The molecule has 40 heavy (non-hydrogen) atoms. The molecule has 1 atom stereocenters. The fourth-order valence-corrected chi connectivity index (χ4v) is 6.48. The van der Waals surface area contributed by atoms with Crippen molar-refractivity contribution in [2.24, 2.45) is 5.41 Å². The van der Waals surface area contributed by atoms with Crippen molar-refractivity contribution in [3.8, 4) is 17.3 Å². The van der Waals surface area contributed by atoms with Crippen LogP contribution in [0.4, 0.5) is 4.79 Å². The smallest absolute Gasteiger partial charge is 0.407 e. The molecule has 3 aromatic rings. The molecule has 11 heteroatoms. The van der Waals surface area contributed by atoms with E-state index >= 15 is 0 Å². The summed E-state index contributed by atoms with van der Waals surface area (Å²) in [6.07, 6.45) is 9.54. The number of fused-ring (bicyclic) bond motifs is 1. The van der Waals surface area contributed by atoms with E-state index in [1.807, 2.05) is 50.7 Å². The number of aromatic nitrogens is 5. The number of nitriles is 1. The molecule has 3 aromatic heterocycles. The van der Waals surface area contributed by atoms with Crippen molar-refractivity contribution in [1.29, 1.82) is 5.26 Å². The van der Waals surface area contributed by atoms with Crippen LogP contribution in [0.1, 0.15) is 53.4 Å². The van der Waals surface area contributed by atoms with Crippen molar-refractivity contribution in [2.75, 3.05) is 13.2 Å². The SMILES string of the molecule is CC(C)(C)N(CC1(C(C)(C#N)n2cc(-c3ncnc4c3ccn4COCC[Si](C)(C)C)cn2)CCCC1)C(=O)O. The molecule has 1 fully saturated rings. The lowest BCUT2D eigenvalue weighted by atomic mass is 9.68. The topological polar surface area (TPSA) is 122 Å². The predicted octanol–water partition coefficient (Wildman–Crippen LogP) is 6.18. The summed E-state index contributed by atoms with van der Waals surface area (Å²) in [5.74, 6) is 0. The summed E-state index contributed by atoms with van der Waals surface area (Å²) in [5, 5.41) is 26.2. The summed E-state index contributed by atoms with van der Waals surface area (Å²) in [6.45, 7) is 16.0. The second kappa shape index (κ2) is 11.0. The molecular weight excluding hydrogens is 522 g/mol. The Morgan fingerprint density at radius 1 is 1.23 bits per heavy atom. The minimum atomic E-state index is -1.17. The number of hydrogen-bond donors (Lipinski definition) is 1. The second-order valence-corrected chi connectivity index (χ2v) is 19.1. The summed E-state index contributed by atoms with van der Waals surface area (Å²) in [5.41, 5.74) is 0.0796. The van der Waals surface area contributed by atoms with Crippen molar-refractivity contribution >= 4 is 25.2 Å². The second-order valence-electron chi connectivity index (χ2n) is 13.5. The van der Waals surface area contributed by atoms with E-state index in [2.05, 4.69) is 40.8 Å². The molecule has 0 saturated heterocycles. The maximum Gasteiger partial charge on any atom is 0.407 e. The van der Waals surface area contributed by atoms with E-state index in [9.17, 15) is 15.2 Å². The highest BCUT2D eigenvalue weighted by Gasteiger charge is 2.54. The van der Waals surface area contributed by atoms with E-state index in [-0.39, 0.29) is 6.54 Å². The molecule has 1 N–H and O–H groups in total. The van der Waals surface area contributed by atoms with Gasteiger partial charge in [0.1, 0.15) is 18.7 Å². The molecular formula is C29H43N7O3Si. The highest BCUT2D eigenvalue weighted by Crippen LogP contribution is 2.51. The van der Waals surface area contributed by atoms with Gasteiger partial charge in [-0.2, -0.15) is 10.4 Å². The van der Waals surface area contributed by atoms with E-state index in [1.165, 1.54) is 4.90 Å². The normalized spacial score (nSPS) is 17.1. The zero-order valence-electron chi connectivity index (χ0n) is 24.9. The van der Waals surface area contributed by atoms with Crippen LogP contribution in [0, 0.1) is 16.7 Å². The molecule has 1 aliphatic carbocycles. The summed E-state index contributed by atoms with van der Waals surface area (Å²) in [6, 6.07) is 5.64. The van der Waals surface area contributed by atoms with Gasteiger partial charge in [-0.1, -0.05) is 32.5 Å². The van der Waals surface area contributed by atoms with E-state index < -0.39 is 30.7 Å². The lowest BCUT2D eigenvalue weighted by Crippen LogP contribution is -2.57. The Balaban J connectivity index is 1.65. The zero-order valence-corrected chi connectivity index (χ0v) is 25.9. The summed E-state index contributed by atoms with van der Waals surface area (Å²) >= 11 is 0. The van der Waals surface area contributed by atoms with E-state index in [1.54, 1.807) is 17.2 Å². The van der Waals surface area contributed by atoms with Gasteiger partial charge in [-0.05, 0) is 52.6 Å². The minimum Gasteiger partial charge on any atom is -0.465 e. The van der Waals surface area contributed by atoms with Gasteiger partial charge in [-0.3, -0.25) is 4.68 Å². The zero-order chi connectivity index (χ0) is 29.3. The Morgan fingerprint density at radius 2 is 1.93 bits per heavy atom. The first-order valence-corrected chi connectivity index (χ1v) is 17.8. The number of nitrogens with zero attached hydrogens (tertiary/aromatic N) is 7. The molecule has 0 radical (unpaired) electrons. The number of amides is 1. The first-order chi connectivity index (χ1) is 18.7. The highest BCUT2D eigenvalue weighted by atomic mass is 28.3. The average Bonchev–Trinajstić information content (AvgIpc) is 3.64. The maximum absolute atomic E-state index is 12.3. The number of rotatable bonds is 10. The molecule has 0 spiro atoms. The fraction of sp³-hybridized carbons (Fsp3) is 0.621. The standard InChI is InChI=1S/C29H43N7O3Si/c1-27(2,3)35(26(37)38)19-29(11-8-9-12-29)28(4,18-30)36-17-22(16-33-36)24-23-10-13-34(25(23)32-20-31-24)21-39-14-15-40(5,6)7/h10,13,16-17,20H,8-9,11-12,14-15,19,21H2,1-7H3,(H,37,38). The Labute approximate surface area is 238 Å². The van der Waals surface area contributed by atoms with Crippen LogP contribution in [0.3, 0.4) is 0 Å². The average molecular weight is 566 g/mol. The Hall–Kier alpha value is -3.23. The van der Waals surface area contributed by atoms with E-state index in [0.29, 0.717) is 6.73 Å². The van der Waals surface area contributed by atoms with Crippen molar-refractivity contribution in [1.82, 2.24) is 29.2 Å². The highest BCUT2D eigenvalue weighted by molar-refractivity contribution is 6.76. The van der Waals surface area contributed by atoms with E-state index in [0.717, 1.165) is 60.6 Å². The third kappa shape index (κ3) is 5.79. The molecule has 10 nitrogen and oxygen atoms in total. The van der Waals surface area contributed by atoms with Crippen molar-refractivity contribution < 1.29 is 14.6 Å². The molecule has 1 unspecified atom stereocenters. The van der Waals surface area contributed by atoms with Crippen LogP contribution >= 0.6 is 0 Å². The molecule has 0 aromatic carbocycles. The molecule has 1 amide bonds. The van der Waals surface area contributed by atoms with Crippen LogP contribution in [0.5, 0.6) is 0 Å². The van der Waals surface area contributed by atoms with Crippen molar-refractivity contribution in [2.45, 2.75) is 96.9 Å². The molecule has 0 bridgehead atoms. The Kier molecular flexibility index (Phi) is 8.16. The van der Waals surface area contributed by atoms with Gasteiger partial charge in [0.05, 0.1) is 18.0 Å². The van der Waals surface area contributed by atoms with Gasteiger partial charge in [-0.25, -0.2) is 14.8 Å². The van der Waals surface area contributed by atoms with Gasteiger partial charge in [0.25, 0.3) is 0 Å². The fourth-order valence-electron chi connectivity index (χ4n) is 5.73. The number of hydrogen-bond acceptors (Lipinski definition) is 6. The van der Waals surface area contributed by atoms with Crippen molar-refractivity contribution in [3.05, 3.63) is 31.0 Å². The Morgan fingerprint density at radius 3 is 2.52 bits per heavy atom. The minimum absolute atomic E-state index is 0.267. The third-order valence-corrected chi connectivity index (χ3v) is 10.1. The van der Waals surface area contributed by atoms with Gasteiger partial charge in [0, 0.05) is 55.5 Å². The third-order valence-electron chi connectivity index (χ3n) is 8.41. The Bertz CT molecular complexity index is 1390. The quantitative estimate of drug-likeness (QED) is 0.230. The summed E-state index contributed by atoms with van der Waals surface area (Å²) in [7, 11) is -1.17. The monoisotopic (exact) mass is 565 g/mol. The molecule has 1 aliphatic rings. The molecule has 3 heterocycles. The summed E-state index contributed by atoms with van der Waals surface area (Å²) < 4.78 is 9.65. The van der Waals surface area contributed by atoms with Crippen LogP contribution in [0.25, 0.3) is 22.3 Å². The number of carbonyl (C=O) groups is 1. The molecule has 4 rings (SSSR count). The molecule has 216 valence electrons. The van der Waals surface area contributed by atoms with Gasteiger partial charge in [-0.15, -0.1) is 0 Å². The largest absolute Gasteiger partial charge is 0.465 e. The summed E-state index contributed by atoms with van der Waals surface area (Å²) in [4.78, 5) is 22.8. The van der Waals surface area contributed by atoms with Crippen LogP contribution in [0.2, 0.25) is 25.7 Å². The van der Waals surface area contributed by atoms with Gasteiger partial charge >= 0.3 is 6.09 Å². The lowest BCUT2D eigenvalue weighted by Gasteiger charge is -2.47.